The molecule has 0 spiro atoms. The van der Waals surface area contributed by atoms with E-state index in [1.54, 1.807) is 0 Å². The van der Waals surface area contributed by atoms with E-state index < -0.39 is 0 Å². The van der Waals surface area contributed by atoms with Gasteiger partial charge in [-0.05, 0) is 70.4 Å². The van der Waals surface area contributed by atoms with Crippen LogP contribution < -0.4 is 5.32 Å². The Balaban J connectivity index is 1.88. The second-order valence-corrected chi connectivity index (χ2v) is 5.58. The van der Waals surface area contributed by atoms with Crippen LogP contribution in [0.1, 0.15) is 44.9 Å². The van der Waals surface area contributed by atoms with Crippen LogP contribution in [-0.2, 0) is 9.47 Å². The zero-order valence-corrected chi connectivity index (χ0v) is 12.2. The zero-order chi connectivity index (χ0) is 13.1. The molecule has 3 nitrogen and oxygen atoms in total. The molecule has 108 valence electrons. The molecule has 1 fully saturated rings. The fraction of sp³-hybridized carbons (Fsp3) is 1.00. The molecule has 0 saturated heterocycles. The van der Waals surface area contributed by atoms with E-state index in [1.165, 1.54) is 44.9 Å². The number of ether oxygens (including phenoxy) is 2. The van der Waals surface area contributed by atoms with Gasteiger partial charge in [-0.15, -0.1) is 0 Å². The quantitative estimate of drug-likeness (QED) is 0.610. The average Bonchev–Trinajstić information content (AvgIpc) is 2.40. The number of hydrogen-bond donors (Lipinski definition) is 1. The number of hydrogen-bond acceptors (Lipinski definition) is 3. The van der Waals surface area contributed by atoms with Crippen LogP contribution >= 0.6 is 0 Å². The van der Waals surface area contributed by atoms with Gasteiger partial charge in [0.25, 0.3) is 0 Å². The highest BCUT2D eigenvalue weighted by Gasteiger charge is 2.20. The number of rotatable bonds is 10. The molecular weight excluding hydrogens is 226 g/mol. The van der Waals surface area contributed by atoms with Crippen molar-refractivity contribution in [1.29, 1.82) is 0 Å². The summed E-state index contributed by atoms with van der Waals surface area (Å²) in [6, 6.07) is 0. The van der Waals surface area contributed by atoms with E-state index in [2.05, 4.69) is 5.32 Å². The van der Waals surface area contributed by atoms with Crippen LogP contribution in [0, 0.1) is 11.8 Å². The first-order valence-corrected chi connectivity index (χ1v) is 7.58. The summed E-state index contributed by atoms with van der Waals surface area (Å²) in [5.74, 6) is 1.60. The van der Waals surface area contributed by atoms with E-state index >= 15 is 0 Å². The second-order valence-electron chi connectivity index (χ2n) is 5.58. The van der Waals surface area contributed by atoms with Crippen molar-refractivity contribution in [1.82, 2.24) is 5.32 Å². The fourth-order valence-corrected chi connectivity index (χ4v) is 2.73. The Labute approximate surface area is 113 Å². The number of methoxy groups -OCH3 is 1. The molecule has 3 heteroatoms. The molecule has 1 aliphatic carbocycles. The van der Waals surface area contributed by atoms with Crippen molar-refractivity contribution >= 4 is 0 Å². The van der Waals surface area contributed by atoms with E-state index in [0.717, 1.165) is 38.2 Å². The molecule has 0 unspecified atom stereocenters. The molecule has 0 heterocycles. The first kappa shape index (κ1) is 15.9. The highest BCUT2D eigenvalue weighted by molar-refractivity contribution is 4.72. The van der Waals surface area contributed by atoms with E-state index in [-0.39, 0.29) is 0 Å². The van der Waals surface area contributed by atoms with Crippen molar-refractivity contribution in [3.05, 3.63) is 0 Å². The molecule has 0 aliphatic heterocycles. The molecular formula is C15H31NO2. The molecule has 18 heavy (non-hydrogen) atoms. The average molecular weight is 257 g/mol. The molecule has 0 aromatic carbocycles. The van der Waals surface area contributed by atoms with Crippen LogP contribution in [-0.4, -0.2) is 40.5 Å². The SMILES string of the molecule is CNCCCCCOC[C@H]1CC[C@H](COC)CC1. The maximum Gasteiger partial charge on any atom is 0.0494 e. The summed E-state index contributed by atoms with van der Waals surface area (Å²) in [7, 11) is 3.82. The summed E-state index contributed by atoms with van der Waals surface area (Å²) in [6.07, 6.45) is 9.06. The second kappa shape index (κ2) is 10.8. The minimum absolute atomic E-state index is 0.799. The Morgan fingerprint density at radius 3 is 2.22 bits per heavy atom. The third-order valence-corrected chi connectivity index (χ3v) is 3.94. The van der Waals surface area contributed by atoms with E-state index in [0.29, 0.717) is 0 Å². The van der Waals surface area contributed by atoms with Crippen molar-refractivity contribution in [2.24, 2.45) is 11.8 Å². The number of unbranched alkanes of at least 4 members (excludes halogenated alkanes) is 2. The first-order valence-electron chi connectivity index (χ1n) is 7.58. The molecule has 1 rings (SSSR count). The molecule has 1 saturated carbocycles. The smallest absolute Gasteiger partial charge is 0.0494 e. The fourth-order valence-electron chi connectivity index (χ4n) is 2.73. The minimum Gasteiger partial charge on any atom is -0.384 e. The van der Waals surface area contributed by atoms with Crippen LogP contribution in [0.2, 0.25) is 0 Å². The predicted molar refractivity (Wildman–Crippen MR) is 75.9 cm³/mol. The van der Waals surface area contributed by atoms with Gasteiger partial charge in [0.15, 0.2) is 0 Å². The van der Waals surface area contributed by atoms with Crippen LogP contribution in [0.15, 0.2) is 0 Å². The molecule has 0 amide bonds. The third-order valence-electron chi connectivity index (χ3n) is 3.94. The Morgan fingerprint density at radius 2 is 1.61 bits per heavy atom. The normalized spacial score (nSPS) is 24.3. The largest absolute Gasteiger partial charge is 0.384 e. The van der Waals surface area contributed by atoms with Crippen molar-refractivity contribution in [3.8, 4) is 0 Å². The van der Waals surface area contributed by atoms with Crippen LogP contribution in [0.5, 0.6) is 0 Å². The summed E-state index contributed by atoms with van der Waals surface area (Å²) in [5, 5.41) is 3.17. The van der Waals surface area contributed by atoms with Crippen LogP contribution in [0.25, 0.3) is 0 Å². The standard InChI is InChI=1S/C15H31NO2/c1-16-10-4-3-5-11-18-13-15-8-6-14(7-9-15)12-17-2/h14-16H,3-13H2,1-2H3/t14-,15-. The monoisotopic (exact) mass is 257 g/mol. The summed E-state index contributed by atoms with van der Waals surface area (Å²) >= 11 is 0. The third kappa shape index (κ3) is 7.34. The van der Waals surface area contributed by atoms with Crippen molar-refractivity contribution in [3.63, 3.8) is 0 Å². The topological polar surface area (TPSA) is 30.5 Å². The van der Waals surface area contributed by atoms with Gasteiger partial charge in [0.05, 0.1) is 0 Å². The van der Waals surface area contributed by atoms with E-state index in [4.69, 9.17) is 9.47 Å². The van der Waals surface area contributed by atoms with Crippen molar-refractivity contribution in [2.75, 3.05) is 40.5 Å². The van der Waals surface area contributed by atoms with Gasteiger partial charge in [0.1, 0.15) is 0 Å². The Kier molecular flexibility index (Phi) is 9.54. The summed E-state index contributed by atoms with van der Waals surface area (Å²) in [5.41, 5.74) is 0. The molecule has 0 radical (unpaired) electrons. The molecule has 0 aromatic rings. The predicted octanol–water partition coefficient (Wildman–Crippen LogP) is 2.85. The van der Waals surface area contributed by atoms with Gasteiger partial charge in [0, 0.05) is 26.9 Å². The van der Waals surface area contributed by atoms with Crippen LogP contribution in [0.4, 0.5) is 0 Å². The van der Waals surface area contributed by atoms with Crippen molar-refractivity contribution in [2.45, 2.75) is 44.9 Å². The molecule has 0 bridgehead atoms. The first-order chi connectivity index (χ1) is 8.86. The summed E-state index contributed by atoms with van der Waals surface area (Å²) < 4.78 is 11.0. The van der Waals surface area contributed by atoms with Gasteiger partial charge in [-0.1, -0.05) is 0 Å². The molecule has 0 aromatic heterocycles. The maximum absolute atomic E-state index is 5.80. The van der Waals surface area contributed by atoms with Gasteiger partial charge in [-0.25, -0.2) is 0 Å². The highest BCUT2D eigenvalue weighted by Crippen LogP contribution is 2.28. The lowest BCUT2D eigenvalue weighted by Crippen LogP contribution is -2.21. The Hall–Kier alpha value is -0.120. The lowest BCUT2D eigenvalue weighted by Gasteiger charge is -2.27. The maximum atomic E-state index is 5.80. The number of nitrogens with one attached hydrogen (secondary N) is 1. The Morgan fingerprint density at radius 1 is 0.944 bits per heavy atom. The lowest BCUT2D eigenvalue weighted by atomic mass is 9.83. The Bertz CT molecular complexity index is 179. The summed E-state index contributed by atoms with van der Waals surface area (Å²) in [4.78, 5) is 0. The minimum atomic E-state index is 0.799. The van der Waals surface area contributed by atoms with Gasteiger partial charge in [-0.2, -0.15) is 0 Å². The lowest BCUT2D eigenvalue weighted by molar-refractivity contribution is 0.0609. The highest BCUT2D eigenvalue weighted by atomic mass is 16.5. The van der Waals surface area contributed by atoms with Crippen LogP contribution in [0.3, 0.4) is 0 Å². The van der Waals surface area contributed by atoms with Gasteiger partial charge in [0.2, 0.25) is 0 Å². The van der Waals surface area contributed by atoms with E-state index in [1.807, 2.05) is 14.2 Å². The molecule has 0 atom stereocenters. The zero-order valence-electron chi connectivity index (χ0n) is 12.2. The molecule has 1 aliphatic rings. The summed E-state index contributed by atoms with van der Waals surface area (Å²) in [6.45, 7) is 4.00. The molecule has 1 N–H and O–H groups in total. The van der Waals surface area contributed by atoms with Gasteiger partial charge < -0.3 is 14.8 Å². The van der Waals surface area contributed by atoms with Gasteiger partial charge >= 0.3 is 0 Å². The van der Waals surface area contributed by atoms with E-state index in [9.17, 15) is 0 Å². The van der Waals surface area contributed by atoms with Crippen molar-refractivity contribution < 1.29 is 9.47 Å². The van der Waals surface area contributed by atoms with Gasteiger partial charge in [-0.3, -0.25) is 0 Å².